The van der Waals surface area contributed by atoms with Crippen LogP contribution in [0.4, 0.5) is 17.1 Å². The second-order valence-corrected chi connectivity index (χ2v) is 19.2. The summed E-state index contributed by atoms with van der Waals surface area (Å²) < 4.78 is 5.34. The van der Waals surface area contributed by atoms with Crippen molar-refractivity contribution in [1.82, 2.24) is 4.57 Å². The van der Waals surface area contributed by atoms with Gasteiger partial charge in [-0.25, -0.2) is 0 Å². The van der Waals surface area contributed by atoms with E-state index in [0.717, 1.165) is 11.8 Å². The zero-order valence-corrected chi connectivity index (χ0v) is 33.6. The number of rotatable bonds is 4. The van der Waals surface area contributed by atoms with Gasteiger partial charge in [0.1, 0.15) is 0 Å². The van der Waals surface area contributed by atoms with Crippen LogP contribution in [0.15, 0.2) is 170 Å². The molecule has 8 aromatic carbocycles. The van der Waals surface area contributed by atoms with E-state index < -0.39 is 0 Å². The summed E-state index contributed by atoms with van der Waals surface area (Å²) in [6.07, 6.45) is 6.94. The summed E-state index contributed by atoms with van der Waals surface area (Å²) >= 11 is 1.89. The second kappa shape index (κ2) is 12.0. The topological polar surface area (TPSA) is 8.17 Å². The van der Waals surface area contributed by atoms with Crippen LogP contribution in [-0.4, -0.2) is 4.57 Å². The minimum absolute atomic E-state index is 0.0482. The molecule has 0 radical (unpaired) electrons. The maximum Gasteiger partial charge on any atom is 0.0603 e. The fourth-order valence-corrected chi connectivity index (χ4v) is 14.5. The standard InChI is InChI=1S/C56H42N2S/c1-2-12-42-37(10-1)11-9-18-48(42)57(41-23-20-36(21-24-41)38-22-25-44-43-13-4-8-19-52(43)59-53(44)33-38)51-27-26-47-55-54(51)45-14-3-6-16-49(45)58(55)50-17-7-5-15-46(50)56(47)39-29-34-28-35(31-39)32-40(56)30-34/h1-27,33-35,39-40H,28-32H2. The molecular formula is C56H42N2S. The number of benzene rings is 8. The summed E-state index contributed by atoms with van der Waals surface area (Å²) in [5.41, 5.74) is 13.4. The van der Waals surface area contributed by atoms with Crippen molar-refractivity contribution in [2.24, 2.45) is 23.7 Å². The molecule has 0 N–H and O–H groups in total. The minimum Gasteiger partial charge on any atom is -0.309 e. The molecule has 0 unspecified atom stereocenters. The fraction of sp³-hybridized carbons (Fsp3) is 0.179. The summed E-state index contributed by atoms with van der Waals surface area (Å²) in [5, 5.41) is 7.88. The molecular weight excluding hydrogens is 733 g/mol. The highest BCUT2D eigenvalue weighted by molar-refractivity contribution is 7.25. The van der Waals surface area contributed by atoms with Gasteiger partial charge in [0, 0.05) is 47.4 Å². The number of hydrogen-bond acceptors (Lipinski definition) is 2. The summed E-state index contributed by atoms with van der Waals surface area (Å²) in [6.45, 7) is 0. The van der Waals surface area contributed by atoms with Gasteiger partial charge in [-0.2, -0.15) is 0 Å². The van der Waals surface area contributed by atoms with Crippen molar-refractivity contribution in [3.05, 3.63) is 181 Å². The minimum atomic E-state index is 0.0482. The molecule has 1 aliphatic heterocycles. The number of hydrogen-bond donors (Lipinski definition) is 0. The highest BCUT2D eigenvalue weighted by Gasteiger charge is 2.61. The Labute approximate surface area is 348 Å². The van der Waals surface area contributed by atoms with Crippen LogP contribution in [0.1, 0.15) is 43.2 Å². The van der Waals surface area contributed by atoms with Gasteiger partial charge in [-0.1, -0.05) is 121 Å². The largest absolute Gasteiger partial charge is 0.309 e. The molecule has 3 heteroatoms. The fourth-order valence-electron chi connectivity index (χ4n) is 13.3. The molecule has 1 spiro atoms. The van der Waals surface area contributed by atoms with Crippen LogP contribution in [0, 0.1) is 23.7 Å². The second-order valence-electron chi connectivity index (χ2n) is 18.1. The summed E-state index contributed by atoms with van der Waals surface area (Å²) in [5.74, 6) is 3.17. The first-order valence-corrected chi connectivity index (χ1v) is 22.5. The summed E-state index contributed by atoms with van der Waals surface area (Å²) in [7, 11) is 0. The molecule has 0 atom stereocenters. The number of anilines is 3. The zero-order chi connectivity index (χ0) is 38.4. The van der Waals surface area contributed by atoms with E-state index in [4.69, 9.17) is 0 Å². The quantitative estimate of drug-likeness (QED) is 0.173. The van der Waals surface area contributed by atoms with E-state index in [9.17, 15) is 0 Å². The van der Waals surface area contributed by atoms with E-state index in [1.165, 1.54) is 119 Å². The average Bonchev–Trinajstić information content (AvgIpc) is 3.83. The van der Waals surface area contributed by atoms with Gasteiger partial charge in [0.15, 0.2) is 0 Å². The van der Waals surface area contributed by atoms with Crippen molar-refractivity contribution in [2.45, 2.75) is 37.5 Å². The van der Waals surface area contributed by atoms with Crippen molar-refractivity contribution in [3.8, 4) is 16.8 Å². The van der Waals surface area contributed by atoms with E-state index in [1.807, 2.05) is 11.3 Å². The van der Waals surface area contributed by atoms with Crippen LogP contribution in [0.5, 0.6) is 0 Å². The van der Waals surface area contributed by atoms with Gasteiger partial charge in [-0.3, -0.25) is 0 Å². The molecule has 5 aliphatic rings. The molecule has 59 heavy (non-hydrogen) atoms. The van der Waals surface area contributed by atoms with Crippen molar-refractivity contribution >= 4 is 81.1 Å². The Bertz CT molecular complexity index is 3330. The molecule has 10 aromatic rings. The van der Waals surface area contributed by atoms with E-state index in [0.29, 0.717) is 11.8 Å². The van der Waals surface area contributed by atoms with Crippen molar-refractivity contribution in [2.75, 3.05) is 4.90 Å². The molecule has 4 saturated carbocycles. The van der Waals surface area contributed by atoms with Crippen molar-refractivity contribution in [1.29, 1.82) is 0 Å². The lowest BCUT2D eigenvalue weighted by molar-refractivity contribution is -0.0418. The molecule has 4 aliphatic carbocycles. The third-order valence-electron chi connectivity index (χ3n) is 15.3. The first kappa shape index (κ1) is 32.8. The molecule has 3 heterocycles. The van der Waals surface area contributed by atoms with Gasteiger partial charge in [0.25, 0.3) is 0 Å². The number of nitrogens with zero attached hydrogens (tertiary/aromatic N) is 2. The Hall–Kier alpha value is -6.16. The summed E-state index contributed by atoms with van der Waals surface area (Å²) in [4.78, 5) is 2.57. The highest BCUT2D eigenvalue weighted by atomic mass is 32.1. The Morgan fingerprint density at radius 2 is 1.17 bits per heavy atom. The van der Waals surface area contributed by atoms with Gasteiger partial charge >= 0.3 is 0 Å². The third kappa shape index (κ3) is 4.36. The SMILES string of the molecule is c1ccc2c(c1)-n1c3ccccc3c3c(N(c4ccc(-c5ccc6c(c5)sc5ccccc56)cc4)c4cccc5ccccc45)ccc(c31)C21C2CC3CC(C2)CC1C3. The lowest BCUT2D eigenvalue weighted by Gasteiger charge is -2.63. The van der Waals surface area contributed by atoms with E-state index in [1.54, 1.807) is 11.1 Å². The molecule has 15 rings (SSSR count). The molecule has 2 aromatic heterocycles. The van der Waals surface area contributed by atoms with E-state index >= 15 is 0 Å². The van der Waals surface area contributed by atoms with Gasteiger partial charge in [0.2, 0.25) is 0 Å². The summed E-state index contributed by atoms with van der Waals surface area (Å²) in [6, 6.07) is 64.7. The molecule has 2 nitrogen and oxygen atoms in total. The van der Waals surface area contributed by atoms with E-state index in [-0.39, 0.29) is 5.41 Å². The zero-order valence-electron chi connectivity index (χ0n) is 32.8. The van der Waals surface area contributed by atoms with E-state index in [2.05, 4.69) is 179 Å². The lowest BCUT2D eigenvalue weighted by Crippen LogP contribution is -2.57. The predicted octanol–water partition coefficient (Wildman–Crippen LogP) is 15.5. The van der Waals surface area contributed by atoms with Gasteiger partial charge in [-0.15, -0.1) is 11.3 Å². The Morgan fingerprint density at radius 1 is 0.492 bits per heavy atom. The van der Waals surface area contributed by atoms with Gasteiger partial charge in [-0.05, 0) is 132 Å². The third-order valence-corrected chi connectivity index (χ3v) is 16.5. The normalized spacial score (nSPS) is 22.6. The number of aromatic nitrogens is 1. The van der Waals surface area contributed by atoms with Crippen LogP contribution in [-0.2, 0) is 5.41 Å². The van der Waals surface area contributed by atoms with Crippen LogP contribution >= 0.6 is 11.3 Å². The highest BCUT2D eigenvalue weighted by Crippen LogP contribution is 2.68. The van der Waals surface area contributed by atoms with Crippen molar-refractivity contribution < 1.29 is 0 Å². The molecule has 0 amide bonds. The van der Waals surface area contributed by atoms with Crippen molar-refractivity contribution in [3.63, 3.8) is 0 Å². The number of fused-ring (bicyclic) bond motifs is 9. The van der Waals surface area contributed by atoms with Gasteiger partial charge in [0.05, 0.1) is 28.1 Å². The molecule has 4 bridgehead atoms. The first-order chi connectivity index (χ1) is 29.2. The predicted molar refractivity (Wildman–Crippen MR) is 249 cm³/mol. The maximum absolute atomic E-state index is 2.66. The Morgan fingerprint density at radius 3 is 2.02 bits per heavy atom. The van der Waals surface area contributed by atoms with Crippen LogP contribution < -0.4 is 4.90 Å². The van der Waals surface area contributed by atoms with Crippen LogP contribution in [0.3, 0.4) is 0 Å². The van der Waals surface area contributed by atoms with Gasteiger partial charge < -0.3 is 9.47 Å². The van der Waals surface area contributed by atoms with Crippen LogP contribution in [0.2, 0.25) is 0 Å². The Kier molecular flexibility index (Phi) is 6.64. The first-order valence-electron chi connectivity index (χ1n) is 21.7. The average molecular weight is 775 g/mol. The monoisotopic (exact) mass is 774 g/mol. The lowest BCUT2D eigenvalue weighted by atomic mass is 9.41. The molecule has 282 valence electrons. The molecule has 4 fully saturated rings. The number of thiophene rings is 1. The maximum atomic E-state index is 2.66. The van der Waals surface area contributed by atoms with Crippen LogP contribution in [0.25, 0.3) is 69.6 Å². The smallest absolute Gasteiger partial charge is 0.0603 e. The molecule has 0 saturated heterocycles. The Balaban J connectivity index is 1.02. The number of para-hydroxylation sites is 2.